The molecule has 0 spiro atoms. The molecule has 2 aromatic carbocycles. The van der Waals surface area contributed by atoms with Gasteiger partial charge in [0.25, 0.3) is 0 Å². The maximum Gasteiger partial charge on any atom is 0.222 e. The molecule has 2 aliphatic heterocycles. The Morgan fingerprint density at radius 3 is 2.73 bits per heavy atom. The lowest BCUT2D eigenvalue weighted by atomic mass is 10.1. The van der Waals surface area contributed by atoms with Crippen molar-refractivity contribution in [2.24, 2.45) is 4.99 Å². The van der Waals surface area contributed by atoms with Crippen molar-refractivity contribution in [3.63, 3.8) is 0 Å². The minimum absolute atomic E-state index is 0. The number of carbonyl (C=O) groups is 1. The van der Waals surface area contributed by atoms with Crippen molar-refractivity contribution in [1.29, 1.82) is 0 Å². The van der Waals surface area contributed by atoms with Crippen molar-refractivity contribution >= 4 is 41.5 Å². The highest BCUT2D eigenvalue weighted by Crippen LogP contribution is 2.30. The maximum absolute atomic E-state index is 11.9. The molecule has 2 aromatic rings. The molecule has 0 aliphatic carbocycles. The molecule has 2 fully saturated rings. The van der Waals surface area contributed by atoms with Crippen LogP contribution in [0, 0.1) is 0 Å². The first-order valence-corrected chi connectivity index (χ1v) is 11.4. The zero-order chi connectivity index (χ0) is 22.3. The Balaban J connectivity index is 0.00000306. The normalized spacial score (nSPS) is 18.3. The predicted octanol–water partition coefficient (Wildman–Crippen LogP) is 3.38. The van der Waals surface area contributed by atoms with Crippen molar-refractivity contribution < 1.29 is 9.53 Å². The van der Waals surface area contributed by atoms with Gasteiger partial charge in [0.2, 0.25) is 5.91 Å². The van der Waals surface area contributed by atoms with Crippen LogP contribution in [0.5, 0.6) is 5.75 Å². The van der Waals surface area contributed by atoms with Gasteiger partial charge in [-0.15, -0.1) is 24.0 Å². The summed E-state index contributed by atoms with van der Waals surface area (Å²) in [7, 11) is 3.52. The van der Waals surface area contributed by atoms with Gasteiger partial charge in [0.05, 0.1) is 12.8 Å². The van der Waals surface area contributed by atoms with Crippen LogP contribution in [0.4, 0.5) is 5.69 Å². The van der Waals surface area contributed by atoms with E-state index in [0.29, 0.717) is 25.6 Å². The summed E-state index contributed by atoms with van der Waals surface area (Å²) in [6, 6.07) is 16.9. The number of benzene rings is 2. The fourth-order valence-corrected chi connectivity index (χ4v) is 4.49. The number of likely N-dealkylation sites (tertiary alicyclic amines) is 1. The number of hydrogen-bond acceptors (Lipinski definition) is 4. The number of halogens is 1. The number of para-hydroxylation sites is 2. The van der Waals surface area contributed by atoms with E-state index in [9.17, 15) is 4.79 Å². The maximum atomic E-state index is 11.9. The van der Waals surface area contributed by atoms with E-state index in [1.807, 2.05) is 23.1 Å². The molecule has 1 atom stereocenters. The third-order valence-electron chi connectivity index (χ3n) is 6.17. The second kappa shape index (κ2) is 12.1. The highest BCUT2D eigenvalue weighted by Gasteiger charge is 2.25. The van der Waals surface area contributed by atoms with Crippen LogP contribution < -0.4 is 20.3 Å². The van der Waals surface area contributed by atoms with E-state index in [4.69, 9.17) is 4.74 Å². The Labute approximate surface area is 213 Å². The molecule has 2 saturated heterocycles. The third-order valence-corrected chi connectivity index (χ3v) is 6.17. The van der Waals surface area contributed by atoms with Crippen LogP contribution >= 0.6 is 24.0 Å². The van der Waals surface area contributed by atoms with Gasteiger partial charge in [0, 0.05) is 52.2 Å². The van der Waals surface area contributed by atoms with E-state index >= 15 is 0 Å². The fourth-order valence-electron chi connectivity index (χ4n) is 4.49. The second-order valence-corrected chi connectivity index (χ2v) is 8.41. The first-order chi connectivity index (χ1) is 15.7. The number of rotatable bonds is 7. The molecule has 2 aliphatic rings. The quantitative estimate of drug-likeness (QED) is 0.307. The number of aliphatic imine (C=N–C) groups is 1. The van der Waals surface area contributed by atoms with Crippen LogP contribution in [-0.4, -0.2) is 56.6 Å². The van der Waals surface area contributed by atoms with Gasteiger partial charge in [0.15, 0.2) is 5.96 Å². The Kier molecular flexibility index (Phi) is 9.22. The van der Waals surface area contributed by atoms with Gasteiger partial charge < -0.3 is 25.2 Å². The summed E-state index contributed by atoms with van der Waals surface area (Å²) >= 11 is 0. The Morgan fingerprint density at radius 2 is 1.97 bits per heavy atom. The molecule has 4 rings (SSSR count). The van der Waals surface area contributed by atoms with Gasteiger partial charge in [-0.2, -0.15) is 0 Å². The van der Waals surface area contributed by atoms with E-state index in [1.54, 1.807) is 14.2 Å². The number of amides is 1. The van der Waals surface area contributed by atoms with Crippen molar-refractivity contribution in [1.82, 2.24) is 15.5 Å². The fraction of sp³-hybridized carbons (Fsp3) is 0.440. The van der Waals surface area contributed by atoms with Crippen molar-refractivity contribution in [2.45, 2.75) is 38.4 Å². The summed E-state index contributed by atoms with van der Waals surface area (Å²) in [4.78, 5) is 20.6. The van der Waals surface area contributed by atoms with E-state index in [-0.39, 0.29) is 29.9 Å². The van der Waals surface area contributed by atoms with Crippen LogP contribution in [-0.2, 0) is 17.9 Å². The number of guanidine groups is 1. The second-order valence-electron chi connectivity index (χ2n) is 8.41. The lowest BCUT2D eigenvalue weighted by Gasteiger charge is -2.22. The molecule has 2 N–H and O–H groups in total. The topological polar surface area (TPSA) is 69.2 Å². The number of nitrogens with zero attached hydrogens (tertiary/aromatic N) is 3. The van der Waals surface area contributed by atoms with E-state index in [2.05, 4.69) is 50.9 Å². The molecule has 178 valence electrons. The highest BCUT2D eigenvalue weighted by atomic mass is 127. The van der Waals surface area contributed by atoms with Gasteiger partial charge in [-0.25, -0.2) is 0 Å². The van der Waals surface area contributed by atoms with E-state index in [1.165, 1.54) is 11.1 Å². The summed E-state index contributed by atoms with van der Waals surface area (Å²) in [5.74, 6) is 1.97. The van der Waals surface area contributed by atoms with Crippen LogP contribution in [0.2, 0.25) is 0 Å². The minimum Gasteiger partial charge on any atom is -0.495 e. The van der Waals surface area contributed by atoms with Gasteiger partial charge in [0.1, 0.15) is 5.75 Å². The highest BCUT2D eigenvalue weighted by molar-refractivity contribution is 14.0. The minimum atomic E-state index is 0. The molecule has 0 saturated carbocycles. The number of carbonyl (C=O) groups excluding carboxylic acids is 1. The van der Waals surface area contributed by atoms with E-state index < -0.39 is 0 Å². The standard InChI is InChI=1S/C25H33N5O2.HI/c1-26-25(28-21-12-14-29(18-21)22-9-3-4-10-23(22)32-2)27-16-19-7-5-8-20(15-19)17-30-13-6-11-24(30)31;/h3-5,7-10,15,21H,6,11-14,16-18H2,1-2H3,(H2,26,27,28);1H. The molecule has 2 heterocycles. The molecule has 33 heavy (non-hydrogen) atoms. The Hall–Kier alpha value is -2.49. The summed E-state index contributed by atoms with van der Waals surface area (Å²) in [6.45, 7) is 4.13. The SMILES string of the molecule is CN=C(NCc1cccc(CN2CCCC2=O)c1)NC1CCN(c2ccccc2OC)C1.I. The molecular weight excluding hydrogens is 529 g/mol. The average molecular weight is 563 g/mol. The number of methoxy groups -OCH3 is 1. The number of ether oxygens (including phenoxy) is 1. The summed E-state index contributed by atoms with van der Waals surface area (Å²) in [5.41, 5.74) is 3.49. The van der Waals surface area contributed by atoms with Crippen molar-refractivity contribution in [3.8, 4) is 5.75 Å². The molecule has 7 nitrogen and oxygen atoms in total. The molecule has 0 bridgehead atoms. The first-order valence-electron chi connectivity index (χ1n) is 11.4. The molecule has 1 amide bonds. The van der Waals surface area contributed by atoms with Gasteiger partial charge in [-0.05, 0) is 36.1 Å². The van der Waals surface area contributed by atoms with Gasteiger partial charge >= 0.3 is 0 Å². The first kappa shape index (κ1) is 25.1. The number of nitrogens with one attached hydrogen (secondary N) is 2. The molecule has 8 heteroatoms. The number of anilines is 1. The van der Waals surface area contributed by atoms with Crippen LogP contribution in [0.15, 0.2) is 53.5 Å². The van der Waals surface area contributed by atoms with Gasteiger partial charge in [-0.1, -0.05) is 36.4 Å². The Bertz CT molecular complexity index is 967. The lowest BCUT2D eigenvalue weighted by Crippen LogP contribution is -2.44. The molecule has 0 radical (unpaired) electrons. The summed E-state index contributed by atoms with van der Waals surface area (Å²) < 4.78 is 5.52. The zero-order valence-electron chi connectivity index (χ0n) is 19.4. The van der Waals surface area contributed by atoms with Crippen LogP contribution in [0.25, 0.3) is 0 Å². The lowest BCUT2D eigenvalue weighted by molar-refractivity contribution is -0.128. The monoisotopic (exact) mass is 563 g/mol. The Morgan fingerprint density at radius 1 is 1.15 bits per heavy atom. The smallest absolute Gasteiger partial charge is 0.222 e. The largest absolute Gasteiger partial charge is 0.495 e. The van der Waals surface area contributed by atoms with E-state index in [0.717, 1.165) is 49.9 Å². The third kappa shape index (κ3) is 6.52. The molecule has 0 aromatic heterocycles. The van der Waals surface area contributed by atoms with Gasteiger partial charge in [-0.3, -0.25) is 9.79 Å². The van der Waals surface area contributed by atoms with Crippen molar-refractivity contribution in [2.75, 3.05) is 38.7 Å². The predicted molar refractivity (Wildman–Crippen MR) is 143 cm³/mol. The molecular formula is C25H34IN5O2. The van der Waals surface area contributed by atoms with Crippen LogP contribution in [0.1, 0.15) is 30.4 Å². The average Bonchev–Trinajstić information content (AvgIpc) is 3.45. The zero-order valence-corrected chi connectivity index (χ0v) is 21.7. The summed E-state index contributed by atoms with van der Waals surface area (Å²) in [6.07, 6.45) is 2.69. The summed E-state index contributed by atoms with van der Waals surface area (Å²) in [5, 5.41) is 6.99. The van der Waals surface area contributed by atoms with Crippen molar-refractivity contribution in [3.05, 3.63) is 59.7 Å². The molecule has 1 unspecified atom stereocenters. The number of hydrogen-bond donors (Lipinski definition) is 2. The van der Waals surface area contributed by atoms with Crippen LogP contribution in [0.3, 0.4) is 0 Å².